The first-order valence-electron chi connectivity index (χ1n) is 8.32. The van der Waals surface area contributed by atoms with Gasteiger partial charge in [0.15, 0.2) is 19.0 Å². The summed E-state index contributed by atoms with van der Waals surface area (Å²) in [6.45, 7) is 0.878. The number of rotatable bonds is 6. The number of esters is 1. The first-order chi connectivity index (χ1) is 13.4. The minimum Gasteiger partial charge on any atom is -0.482 e. The highest BCUT2D eigenvalue weighted by atomic mass is 35.5. The molecule has 8 heteroatoms. The molecule has 0 bridgehead atoms. The highest BCUT2D eigenvalue weighted by Crippen LogP contribution is 2.25. The van der Waals surface area contributed by atoms with E-state index in [0.717, 1.165) is 10.8 Å². The smallest absolute Gasteiger partial charge is 0.344 e. The van der Waals surface area contributed by atoms with Crippen molar-refractivity contribution in [3.63, 3.8) is 0 Å². The van der Waals surface area contributed by atoms with E-state index in [-0.39, 0.29) is 17.4 Å². The predicted molar refractivity (Wildman–Crippen MR) is 108 cm³/mol. The fourth-order valence-corrected chi connectivity index (χ4v) is 2.81. The van der Waals surface area contributed by atoms with E-state index in [2.05, 4.69) is 10.3 Å². The highest BCUT2D eigenvalue weighted by Gasteiger charge is 2.13. The number of anilines is 1. The van der Waals surface area contributed by atoms with Crippen molar-refractivity contribution in [1.82, 2.24) is 4.98 Å². The van der Waals surface area contributed by atoms with Crippen LogP contribution in [-0.4, -0.2) is 30.1 Å². The Morgan fingerprint density at radius 3 is 2.54 bits per heavy atom. The lowest BCUT2D eigenvalue weighted by atomic mass is 10.1. The molecule has 3 aromatic rings. The van der Waals surface area contributed by atoms with E-state index in [1.165, 1.54) is 6.07 Å². The Hall–Kier alpha value is -2.83. The summed E-state index contributed by atoms with van der Waals surface area (Å²) >= 11 is 11.9. The number of aromatic nitrogens is 1. The molecule has 1 amide bonds. The molecule has 0 saturated heterocycles. The summed E-state index contributed by atoms with van der Waals surface area (Å²) in [4.78, 5) is 27.8. The zero-order valence-corrected chi connectivity index (χ0v) is 16.4. The van der Waals surface area contributed by atoms with Gasteiger partial charge in [0.2, 0.25) is 0 Å². The lowest BCUT2D eigenvalue weighted by molar-refractivity contribution is -0.149. The van der Waals surface area contributed by atoms with Crippen molar-refractivity contribution in [3.05, 3.63) is 64.3 Å². The van der Waals surface area contributed by atoms with Gasteiger partial charge in [0, 0.05) is 0 Å². The lowest BCUT2D eigenvalue weighted by Crippen LogP contribution is -2.24. The van der Waals surface area contributed by atoms with Gasteiger partial charge >= 0.3 is 5.97 Å². The average Bonchev–Trinajstić information content (AvgIpc) is 2.68. The molecular formula is C20H16Cl2N2O4. The second kappa shape index (κ2) is 8.91. The van der Waals surface area contributed by atoms with E-state index in [1.54, 1.807) is 13.0 Å². The molecule has 28 heavy (non-hydrogen) atoms. The van der Waals surface area contributed by atoms with E-state index in [1.807, 2.05) is 36.4 Å². The number of halogens is 2. The molecule has 144 valence electrons. The maximum atomic E-state index is 11.9. The molecule has 0 aliphatic heterocycles. The average molecular weight is 419 g/mol. The maximum Gasteiger partial charge on any atom is 0.344 e. The number of carbonyl (C=O) groups is 2. The van der Waals surface area contributed by atoms with Crippen molar-refractivity contribution >= 4 is 51.7 Å². The number of hydrogen-bond acceptors (Lipinski definition) is 5. The number of fused-ring (bicyclic) bond motifs is 1. The first kappa shape index (κ1) is 19.9. The Kier molecular flexibility index (Phi) is 6.34. The molecule has 1 aromatic heterocycles. The van der Waals surface area contributed by atoms with Crippen LogP contribution < -0.4 is 10.1 Å². The molecule has 2 aromatic carbocycles. The standard InChI is InChI=1S/C20H16Cl2N2O4/c1-12-16(21)9-17(22)20(23-12)24-18(25)10-28-19(26)11-27-15-7-6-13-4-2-3-5-14(13)8-15/h2-9H,10-11H2,1H3,(H,23,24,25). The van der Waals surface area contributed by atoms with Crippen molar-refractivity contribution in [2.75, 3.05) is 18.5 Å². The van der Waals surface area contributed by atoms with E-state index in [4.69, 9.17) is 32.7 Å². The number of carbonyl (C=O) groups excluding carboxylic acids is 2. The number of nitrogens with one attached hydrogen (secondary N) is 1. The number of hydrogen-bond donors (Lipinski definition) is 1. The molecule has 0 aliphatic rings. The monoisotopic (exact) mass is 418 g/mol. The van der Waals surface area contributed by atoms with E-state index in [0.29, 0.717) is 16.5 Å². The van der Waals surface area contributed by atoms with Crippen LogP contribution in [0.5, 0.6) is 5.75 Å². The van der Waals surface area contributed by atoms with Gasteiger partial charge in [-0.3, -0.25) is 4.79 Å². The van der Waals surface area contributed by atoms with Gasteiger partial charge < -0.3 is 14.8 Å². The Bertz CT molecular complexity index is 1040. The second-order valence-corrected chi connectivity index (χ2v) is 6.71. The van der Waals surface area contributed by atoms with E-state index >= 15 is 0 Å². The summed E-state index contributed by atoms with van der Waals surface area (Å²) in [6, 6.07) is 14.8. The second-order valence-electron chi connectivity index (χ2n) is 5.89. The van der Waals surface area contributed by atoms with Crippen LogP contribution in [0.25, 0.3) is 10.8 Å². The molecule has 0 radical (unpaired) electrons. The van der Waals surface area contributed by atoms with Crippen molar-refractivity contribution in [1.29, 1.82) is 0 Å². The Balaban J connectivity index is 1.48. The molecule has 6 nitrogen and oxygen atoms in total. The van der Waals surface area contributed by atoms with Gasteiger partial charge in [-0.2, -0.15) is 0 Å². The third-order valence-corrected chi connectivity index (χ3v) is 4.48. The fraction of sp³-hybridized carbons (Fsp3) is 0.150. The first-order valence-corrected chi connectivity index (χ1v) is 9.07. The number of benzene rings is 2. The van der Waals surface area contributed by atoms with E-state index < -0.39 is 18.5 Å². The van der Waals surface area contributed by atoms with Crippen LogP contribution in [0.2, 0.25) is 10.0 Å². The number of nitrogens with zero attached hydrogens (tertiary/aromatic N) is 1. The normalized spacial score (nSPS) is 10.5. The quantitative estimate of drug-likeness (QED) is 0.599. The van der Waals surface area contributed by atoms with Crippen LogP contribution in [0, 0.1) is 6.92 Å². The summed E-state index contributed by atoms with van der Waals surface area (Å²) in [5, 5.41) is 5.11. The molecule has 0 unspecified atom stereocenters. The zero-order valence-electron chi connectivity index (χ0n) is 14.9. The molecule has 1 N–H and O–H groups in total. The zero-order chi connectivity index (χ0) is 20.1. The number of amides is 1. The molecule has 0 spiro atoms. The third kappa shape index (κ3) is 5.12. The lowest BCUT2D eigenvalue weighted by Gasteiger charge is -2.10. The number of ether oxygens (including phenoxy) is 2. The van der Waals surface area contributed by atoms with Gasteiger partial charge in [0.1, 0.15) is 5.75 Å². The van der Waals surface area contributed by atoms with Crippen molar-refractivity contribution in [2.24, 2.45) is 0 Å². The largest absolute Gasteiger partial charge is 0.482 e. The molecular weight excluding hydrogens is 403 g/mol. The van der Waals surface area contributed by atoms with E-state index in [9.17, 15) is 9.59 Å². The number of pyridine rings is 1. The summed E-state index contributed by atoms with van der Waals surface area (Å²) in [6.07, 6.45) is 0. The van der Waals surface area contributed by atoms with Gasteiger partial charge in [-0.15, -0.1) is 0 Å². The predicted octanol–water partition coefficient (Wildman–Crippen LogP) is 4.41. The van der Waals surface area contributed by atoms with Crippen LogP contribution in [0.1, 0.15) is 5.69 Å². The summed E-state index contributed by atoms with van der Waals surface area (Å²) in [5.41, 5.74) is 0.516. The third-order valence-electron chi connectivity index (χ3n) is 3.80. The summed E-state index contributed by atoms with van der Waals surface area (Å²) < 4.78 is 10.3. The molecule has 3 rings (SSSR count). The molecule has 0 aliphatic carbocycles. The topological polar surface area (TPSA) is 77.5 Å². The molecule has 0 fully saturated rings. The Labute approximate surface area is 171 Å². The molecule has 1 heterocycles. The van der Waals surface area contributed by atoms with Gasteiger partial charge in [-0.25, -0.2) is 9.78 Å². The van der Waals surface area contributed by atoms with Crippen LogP contribution in [-0.2, 0) is 14.3 Å². The van der Waals surface area contributed by atoms with Crippen LogP contribution >= 0.6 is 23.2 Å². The minimum atomic E-state index is -0.672. The SMILES string of the molecule is Cc1nc(NC(=O)COC(=O)COc2ccc3ccccc3c2)c(Cl)cc1Cl. The van der Waals surface area contributed by atoms with Gasteiger partial charge in [0.25, 0.3) is 5.91 Å². The Morgan fingerprint density at radius 2 is 1.75 bits per heavy atom. The van der Waals surface area contributed by atoms with Gasteiger partial charge in [-0.1, -0.05) is 53.5 Å². The molecule has 0 saturated carbocycles. The molecule has 0 atom stereocenters. The fourth-order valence-electron chi connectivity index (χ4n) is 2.40. The van der Waals surface area contributed by atoms with Crippen molar-refractivity contribution in [3.8, 4) is 5.75 Å². The van der Waals surface area contributed by atoms with Gasteiger partial charge in [-0.05, 0) is 35.9 Å². The van der Waals surface area contributed by atoms with Gasteiger partial charge in [0.05, 0.1) is 15.7 Å². The van der Waals surface area contributed by atoms with Crippen LogP contribution in [0.4, 0.5) is 5.82 Å². The maximum absolute atomic E-state index is 11.9. The van der Waals surface area contributed by atoms with Crippen molar-refractivity contribution < 1.29 is 19.1 Å². The highest BCUT2D eigenvalue weighted by molar-refractivity contribution is 6.36. The van der Waals surface area contributed by atoms with Crippen LogP contribution in [0.3, 0.4) is 0 Å². The Morgan fingerprint density at radius 1 is 1.00 bits per heavy atom. The summed E-state index contributed by atoms with van der Waals surface area (Å²) in [7, 11) is 0. The van der Waals surface area contributed by atoms with Crippen molar-refractivity contribution in [2.45, 2.75) is 6.92 Å². The van der Waals surface area contributed by atoms with Crippen LogP contribution in [0.15, 0.2) is 48.5 Å². The minimum absolute atomic E-state index is 0.150. The number of aryl methyl sites for hydroxylation is 1. The summed E-state index contributed by atoms with van der Waals surface area (Å²) in [5.74, 6) is -0.561.